The van der Waals surface area contributed by atoms with Gasteiger partial charge in [0.25, 0.3) is 0 Å². The van der Waals surface area contributed by atoms with Crippen molar-refractivity contribution in [2.24, 2.45) is 11.3 Å². The van der Waals surface area contributed by atoms with Gasteiger partial charge in [-0.1, -0.05) is 45.9 Å². The summed E-state index contributed by atoms with van der Waals surface area (Å²) in [5.74, 6) is 0.928. The lowest BCUT2D eigenvalue weighted by Gasteiger charge is -2.28. The van der Waals surface area contributed by atoms with E-state index in [4.69, 9.17) is 0 Å². The lowest BCUT2D eigenvalue weighted by molar-refractivity contribution is 0.265. The Hall–Kier alpha value is -0.720. The summed E-state index contributed by atoms with van der Waals surface area (Å²) < 4.78 is 0. The van der Waals surface area contributed by atoms with Crippen LogP contribution in [0.15, 0.2) is 24.4 Å². The van der Waals surface area contributed by atoms with E-state index in [1.54, 1.807) is 0 Å². The van der Waals surface area contributed by atoms with Crippen molar-refractivity contribution in [2.45, 2.75) is 66.2 Å². The highest BCUT2D eigenvalue weighted by Gasteiger charge is 2.49. The van der Waals surface area contributed by atoms with Crippen molar-refractivity contribution in [1.29, 1.82) is 0 Å². The van der Waals surface area contributed by atoms with E-state index in [-0.39, 0.29) is 0 Å². The number of unbranched alkanes of at least 4 members (excludes halogenated alkanes) is 1. The zero-order chi connectivity index (χ0) is 14.3. The zero-order valence-corrected chi connectivity index (χ0v) is 13.5. The molecule has 0 radical (unpaired) electrons. The molecule has 0 aromatic rings. The number of hydrogen-bond acceptors (Lipinski definition) is 1. The highest BCUT2D eigenvalue weighted by Crippen LogP contribution is 2.55. The standard InChI is InChI=1S/C18H33N/c1-6-8-10-11-12-17-14-18(17,5)15-19(16(3)4)13-9-7-2/h8,10,17H,3,6-7,9,11-15H2,1-2,4-5H3/b10-8-. The Kier molecular flexibility index (Phi) is 6.68. The number of hydrogen-bond donors (Lipinski definition) is 0. The normalized spacial score (nSPS) is 25.8. The van der Waals surface area contributed by atoms with Gasteiger partial charge in [0.05, 0.1) is 0 Å². The van der Waals surface area contributed by atoms with Gasteiger partial charge >= 0.3 is 0 Å². The lowest BCUT2D eigenvalue weighted by Crippen LogP contribution is -2.29. The van der Waals surface area contributed by atoms with Crippen molar-refractivity contribution < 1.29 is 0 Å². The number of rotatable bonds is 10. The van der Waals surface area contributed by atoms with E-state index in [1.807, 2.05) is 0 Å². The first-order valence-corrected chi connectivity index (χ1v) is 8.09. The molecule has 1 heteroatoms. The zero-order valence-electron chi connectivity index (χ0n) is 13.5. The molecule has 1 fully saturated rings. The Balaban J connectivity index is 2.34. The summed E-state index contributed by atoms with van der Waals surface area (Å²) >= 11 is 0. The van der Waals surface area contributed by atoms with E-state index in [1.165, 1.54) is 57.3 Å². The Morgan fingerprint density at radius 2 is 2.11 bits per heavy atom. The van der Waals surface area contributed by atoms with Crippen molar-refractivity contribution >= 4 is 0 Å². The van der Waals surface area contributed by atoms with Crippen LogP contribution in [0.4, 0.5) is 0 Å². The van der Waals surface area contributed by atoms with Gasteiger partial charge in [-0.25, -0.2) is 0 Å². The summed E-state index contributed by atoms with van der Waals surface area (Å²) in [5.41, 5.74) is 1.79. The van der Waals surface area contributed by atoms with Gasteiger partial charge in [-0.05, 0) is 50.4 Å². The van der Waals surface area contributed by atoms with E-state index in [2.05, 4.69) is 51.3 Å². The minimum Gasteiger partial charge on any atom is -0.375 e. The smallest absolute Gasteiger partial charge is 0.0231 e. The van der Waals surface area contributed by atoms with Gasteiger partial charge in [0.1, 0.15) is 0 Å². The van der Waals surface area contributed by atoms with Crippen molar-refractivity contribution in [3.8, 4) is 0 Å². The largest absolute Gasteiger partial charge is 0.375 e. The summed E-state index contributed by atoms with van der Waals surface area (Å²) in [5, 5.41) is 0. The predicted octanol–water partition coefficient (Wildman–Crippen LogP) is 5.39. The molecule has 0 aromatic carbocycles. The molecule has 0 heterocycles. The second-order valence-electron chi connectivity index (χ2n) is 6.52. The molecule has 1 aliphatic carbocycles. The van der Waals surface area contributed by atoms with Gasteiger partial charge in [-0.15, -0.1) is 0 Å². The minimum absolute atomic E-state index is 0.548. The molecule has 0 bridgehead atoms. The molecular formula is C18H33N. The molecule has 0 saturated heterocycles. The predicted molar refractivity (Wildman–Crippen MR) is 86.2 cm³/mol. The fourth-order valence-electron chi connectivity index (χ4n) is 2.92. The second kappa shape index (κ2) is 7.77. The fraction of sp³-hybridized carbons (Fsp3) is 0.778. The van der Waals surface area contributed by atoms with Crippen molar-refractivity contribution in [1.82, 2.24) is 4.90 Å². The van der Waals surface area contributed by atoms with Gasteiger partial charge in [0.2, 0.25) is 0 Å². The maximum atomic E-state index is 4.15. The lowest BCUT2D eigenvalue weighted by atomic mass is 10.0. The molecule has 1 nitrogen and oxygen atoms in total. The monoisotopic (exact) mass is 263 g/mol. The third-order valence-corrected chi connectivity index (χ3v) is 4.50. The van der Waals surface area contributed by atoms with Crippen molar-refractivity contribution in [2.75, 3.05) is 13.1 Å². The first kappa shape index (κ1) is 16.3. The maximum absolute atomic E-state index is 4.15. The van der Waals surface area contributed by atoms with Crippen LogP contribution < -0.4 is 0 Å². The molecule has 1 aliphatic rings. The minimum atomic E-state index is 0.548. The summed E-state index contributed by atoms with van der Waals surface area (Å²) in [4.78, 5) is 2.51. The molecule has 2 atom stereocenters. The summed E-state index contributed by atoms with van der Waals surface area (Å²) in [7, 11) is 0. The average molecular weight is 263 g/mol. The Morgan fingerprint density at radius 1 is 1.37 bits per heavy atom. The van der Waals surface area contributed by atoms with E-state index in [9.17, 15) is 0 Å². The Morgan fingerprint density at radius 3 is 2.68 bits per heavy atom. The van der Waals surface area contributed by atoms with Crippen LogP contribution in [0.1, 0.15) is 66.2 Å². The fourth-order valence-corrected chi connectivity index (χ4v) is 2.92. The molecule has 0 spiro atoms. The van der Waals surface area contributed by atoms with Crippen LogP contribution in [0.5, 0.6) is 0 Å². The highest BCUT2D eigenvalue weighted by molar-refractivity contribution is 5.04. The van der Waals surface area contributed by atoms with Crippen LogP contribution in [0.25, 0.3) is 0 Å². The first-order chi connectivity index (χ1) is 9.03. The average Bonchev–Trinajstić information content (AvgIpc) is 3.01. The molecular weight excluding hydrogens is 230 g/mol. The van der Waals surface area contributed by atoms with E-state index in [0.717, 1.165) is 5.92 Å². The molecule has 19 heavy (non-hydrogen) atoms. The van der Waals surface area contributed by atoms with E-state index < -0.39 is 0 Å². The Labute approximate surface area is 120 Å². The van der Waals surface area contributed by atoms with Crippen LogP contribution in [0.2, 0.25) is 0 Å². The number of allylic oxidation sites excluding steroid dienone is 3. The molecule has 2 unspecified atom stereocenters. The van der Waals surface area contributed by atoms with Crippen LogP contribution >= 0.6 is 0 Å². The molecule has 0 amide bonds. The summed E-state index contributed by atoms with van der Waals surface area (Å²) in [6.45, 7) is 15.6. The Bertz CT molecular complexity index is 305. The van der Waals surface area contributed by atoms with E-state index in [0.29, 0.717) is 5.41 Å². The van der Waals surface area contributed by atoms with Crippen molar-refractivity contribution in [3.05, 3.63) is 24.4 Å². The summed E-state index contributed by atoms with van der Waals surface area (Å²) in [6.07, 6.45) is 12.4. The molecule has 0 aromatic heterocycles. The SMILES string of the molecule is C=C(C)N(CCCC)CC1(C)CC1CC/C=C\CC. The molecule has 0 aliphatic heterocycles. The van der Waals surface area contributed by atoms with E-state index >= 15 is 0 Å². The first-order valence-electron chi connectivity index (χ1n) is 8.09. The molecule has 110 valence electrons. The quantitative estimate of drug-likeness (QED) is 0.477. The van der Waals surface area contributed by atoms with Crippen LogP contribution in [0, 0.1) is 11.3 Å². The molecule has 0 N–H and O–H groups in total. The topological polar surface area (TPSA) is 3.24 Å². The highest BCUT2D eigenvalue weighted by atomic mass is 15.1. The van der Waals surface area contributed by atoms with Gasteiger partial charge in [-0.3, -0.25) is 0 Å². The molecule has 1 saturated carbocycles. The third kappa shape index (κ3) is 5.42. The van der Waals surface area contributed by atoms with Gasteiger partial charge < -0.3 is 4.90 Å². The summed E-state index contributed by atoms with van der Waals surface area (Å²) in [6, 6.07) is 0. The van der Waals surface area contributed by atoms with Crippen LogP contribution in [-0.2, 0) is 0 Å². The number of nitrogens with zero attached hydrogens (tertiary/aromatic N) is 1. The maximum Gasteiger partial charge on any atom is 0.0231 e. The van der Waals surface area contributed by atoms with Gasteiger partial charge in [-0.2, -0.15) is 0 Å². The third-order valence-electron chi connectivity index (χ3n) is 4.50. The van der Waals surface area contributed by atoms with Crippen LogP contribution in [0.3, 0.4) is 0 Å². The van der Waals surface area contributed by atoms with Gasteiger partial charge in [0.15, 0.2) is 0 Å². The van der Waals surface area contributed by atoms with Gasteiger partial charge in [0, 0.05) is 18.8 Å². The van der Waals surface area contributed by atoms with Crippen LogP contribution in [-0.4, -0.2) is 18.0 Å². The second-order valence-corrected chi connectivity index (χ2v) is 6.52. The van der Waals surface area contributed by atoms with Crippen molar-refractivity contribution in [3.63, 3.8) is 0 Å². The molecule has 1 rings (SSSR count).